The van der Waals surface area contributed by atoms with Crippen molar-refractivity contribution in [2.75, 3.05) is 0 Å². The van der Waals surface area contributed by atoms with E-state index in [0.717, 1.165) is 11.1 Å². The molecule has 0 atom stereocenters. The number of aryl methyl sites for hydroxylation is 2. The fourth-order valence-corrected chi connectivity index (χ4v) is 2.10. The minimum Gasteiger partial charge on any atom is -0.480 e. The molecule has 0 spiro atoms. The third-order valence-corrected chi connectivity index (χ3v) is 2.73. The van der Waals surface area contributed by atoms with Crippen molar-refractivity contribution in [2.45, 2.75) is 20.4 Å². The number of aliphatic carboxylic acids is 1. The van der Waals surface area contributed by atoms with Gasteiger partial charge in [0.15, 0.2) is 5.43 Å². The van der Waals surface area contributed by atoms with Crippen LogP contribution >= 0.6 is 0 Å². The van der Waals surface area contributed by atoms with Crippen LogP contribution in [-0.2, 0) is 11.3 Å². The quantitative estimate of drug-likeness (QED) is 0.855. The van der Waals surface area contributed by atoms with Crippen LogP contribution < -0.4 is 5.43 Å². The first kappa shape index (κ1) is 11.4. The molecule has 1 N–H and O–H groups in total. The maximum atomic E-state index is 11.8. The number of carboxylic acids is 1. The number of carbonyl (C=O) groups is 1. The first-order chi connectivity index (χ1) is 7.99. The summed E-state index contributed by atoms with van der Waals surface area (Å²) in [7, 11) is 0. The molecule has 88 valence electrons. The van der Waals surface area contributed by atoms with E-state index in [1.165, 1.54) is 12.3 Å². The van der Waals surface area contributed by atoms with Crippen molar-refractivity contribution in [1.29, 1.82) is 0 Å². The number of rotatable bonds is 2. The highest BCUT2D eigenvalue weighted by Crippen LogP contribution is 2.17. The number of pyridine rings is 1. The lowest BCUT2D eigenvalue weighted by Gasteiger charge is -2.10. The molecule has 4 nitrogen and oxygen atoms in total. The second-order valence-corrected chi connectivity index (χ2v) is 4.18. The Morgan fingerprint density at radius 3 is 2.71 bits per heavy atom. The predicted molar refractivity (Wildman–Crippen MR) is 65.3 cm³/mol. The molecule has 0 fully saturated rings. The standard InChI is InChI=1S/C13H13NO3/c1-8-5-9(2)13-10(6-8)14(7-12(16)17)4-3-11(13)15/h3-6H,7H2,1-2H3,(H,16,17). The maximum absolute atomic E-state index is 11.8. The van der Waals surface area contributed by atoms with E-state index in [2.05, 4.69) is 0 Å². The molecule has 2 aromatic rings. The van der Waals surface area contributed by atoms with Crippen LogP contribution in [0.3, 0.4) is 0 Å². The first-order valence-corrected chi connectivity index (χ1v) is 5.31. The summed E-state index contributed by atoms with van der Waals surface area (Å²) in [5.74, 6) is -0.922. The van der Waals surface area contributed by atoms with E-state index in [-0.39, 0.29) is 12.0 Å². The van der Waals surface area contributed by atoms with Gasteiger partial charge in [-0.25, -0.2) is 0 Å². The minimum absolute atomic E-state index is 0.0702. The Bertz CT molecular complexity index is 655. The highest BCUT2D eigenvalue weighted by molar-refractivity contribution is 5.84. The van der Waals surface area contributed by atoms with Gasteiger partial charge in [-0.05, 0) is 31.0 Å². The summed E-state index contributed by atoms with van der Waals surface area (Å²) in [6.45, 7) is 3.65. The van der Waals surface area contributed by atoms with E-state index < -0.39 is 5.97 Å². The van der Waals surface area contributed by atoms with Crippen molar-refractivity contribution < 1.29 is 9.90 Å². The van der Waals surface area contributed by atoms with Gasteiger partial charge in [0.1, 0.15) is 6.54 Å². The van der Waals surface area contributed by atoms with Crippen molar-refractivity contribution in [3.63, 3.8) is 0 Å². The highest BCUT2D eigenvalue weighted by Gasteiger charge is 2.08. The Labute approximate surface area is 98.1 Å². The Morgan fingerprint density at radius 2 is 2.06 bits per heavy atom. The van der Waals surface area contributed by atoms with Gasteiger partial charge in [0.2, 0.25) is 0 Å². The molecule has 0 aliphatic carbocycles. The van der Waals surface area contributed by atoms with Gasteiger partial charge >= 0.3 is 5.97 Å². The fraction of sp³-hybridized carbons (Fsp3) is 0.231. The van der Waals surface area contributed by atoms with E-state index in [9.17, 15) is 9.59 Å². The van der Waals surface area contributed by atoms with Crippen LogP contribution in [0.15, 0.2) is 29.2 Å². The Hall–Kier alpha value is -2.10. The average Bonchev–Trinajstić information content (AvgIpc) is 2.20. The third-order valence-electron chi connectivity index (χ3n) is 2.73. The smallest absolute Gasteiger partial charge is 0.323 e. The van der Waals surface area contributed by atoms with E-state index in [1.807, 2.05) is 26.0 Å². The second-order valence-electron chi connectivity index (χ2n) is 4.18. The molecule has 0 aliphatic rings. The normalized spacial score (nSPS) is 10.7. The van der Waals surface area contributed by atoms with Crippen LogP contribution in [0.25, 0.3) is 10.9 Å². The summed E-state index contributed by atoms with van der Waals surface area (Å²) in [6.07, 6.45) is 1.53. The number of hydrogen-bond acceptors (Lipinski definition) is 2. The SMILES string of the molecule is Cc1cc(C)c2c(=O)ccn(CC(=O)O)c2c1. The summed E-state index contributed by atoms with van der Waals surface area (Å²) in [5.41, 5.74) is 2.50. The van der Waals surface area contributed by atoms with Gasteiger partial charge in [-0.1, -0.05) is 6.07 Å². The van der Waals surface area contributed by atoms with Crippen LogP contribution in [0.1, 0.15) is 11.1 Å². The molecule has 0 saturated heterocycles. The van der Waals surface area contributed by atoms with Crippen LogP contribution in [-0.4, -0.2) is 15.6 Å². The predicted octanol–water partition coefficient (Wildman–Crippen LogP) is 1.70. The zero-order valence-corrected chi connectivity index (χ0v) is 9.73. The summed E-state index contributed by atoms with van der Waals surface area (Å²) in [5, 5.41) is 9.43. The first-order valence-electron chi connectivity index (χ1n) is 5.31. The van der Waals surface area contributed by atoms with Crippen LogP contribution in [0.5, 0.6) is 0 Å². The molecular weight excluding hydrogens is 218 g/mol. The molecule has 0 unspecified atom stereocenters. The lowest BCUT2D eigenvalue weighted by atomic mass is 10.1. The van der Waals surface area contributed by atoms with Crippen LogP contribution in [0.2, 0.25) is 0 Å². The van der Waals surface area contributed by atoms with Gasteiger partial charge in [-0.3, -0.25) is 9.59 Å². The molecule has 0 radical (unpaired) electrons. The molecule has 2 rings (SSSR count). The van der Waals surface area contributed by atoms with Crippen molar-refractivity contribution in [2.24, 2.45) is 0 Å². The minimum atomic E-state index is -0.922. The number of carboxylic acid groups (broad SMARTS) is 1. The number of nitrogens with zero attached hydrogens (tertiary/aromatic N) is 1. The van der Waals surface area contributed by atoms with Crippen LogP contribution in [0.4, 0.5) is 0 Å². The molecule has 4 heteroatoms. The lowest BCUT2D eigenvalue weighted by molar-refractivity contribution is -0.137. The Morgan fingerprint density at radius 1 is 1.35 bits per heavy atom. The summed E-state index contributed by atoms with van der Waals surface area (Å²) in [4.78, 5) is 22.6. The molecule has 17 heavy (non-hydrogen) atoms. The summed E-state index contributed by atoms with van der Waals surface area (Å²) >= 11 is 0. The lowest BCUT2D eigenvalue weighted by Crippen LogP contribution is -2.14. The molecule has 1 aromatic heterocycles. The fourth-order valence-electron chi connectivity index (χ4n) is 2.10. The van der Waals surface area contributed by atoms with Crippen LogP contribution in [0, 0.1) is 13.8 Å². The number of benzene rings is 1. The van der Waals surface area contributed by atoms with Gasteiger partial charge in [0, 0.05) is 17.6 Å². The topological polar surface area (TPSA) is 59.3 Å². The number of hydrogen-bond donors (Lipinski definition) is 1. The van der Waals surface area contributed by atoms with E-state index >= 15 is 0 Å². The number of fused-ring (bicyclic) bond motifs is 1. The Kier molecular flexibility index (Phi) is 2.71. The number of aromatic nitrogens is 1. The van der Waals surface area contributed by atoms with Crippen molar-refractivity contribution in [3.05, 3.63) is 45.7 Å². The van der Waals surface area contributed by atoms with Gasteiger partial charge in [-0.15, -0.1) is 0 Å². The Balaban J connectivity index is 2.84. The average molecular weight is 231 g/mol. The van der Waals surface area contributed by atoms with Crippen molar-refractivity contribution in [1.82, 2.24) is 4.57 Å². The zero-order chi connectivity index (χ0) is 12.6. The van der Waals surface area contributed by atoms with E-state index in [0.29, 0.717) is 10.9 Å². The maximum Gasteiger partial charge on any atom is 0.323 e. The van der Waals surface area contributed by atoms with E-state index in [1.54, 1.807) is 4.57 Å². The largest absolute Gasteiger partial charge is 0.480 e. The van der Waals surface area contributed by atoms with Crippen molar-refractivity contribution >= 4 is 16.9 Å². The third kappa shape index (κ3) is 2.06. The highest BCUT2D eigenvalue weighted by atomic mass is 16.4. The molecule has 0 bridgehead atoms. The second kappa shape index (κ2) is 4.05. The van der Waals surface area contributed by atoms with Gasteiger partial charge < -0.3 is 9.67 Å². The zero-order valence-electron chi connectivity index (χ0n) is 9.73. The molecule has 1 aromatic carbocycles. The summed E-state index contributed by atoms with van der Waals surface area (Å²) in [6, 6.07) is 5.18. The van der Waals surface area contributed by atoms with Gasteiger partial charge in [-0.2, -0.15) is 0 Å². The van der Waals surface area contributed by atoms with Gasteiger partial charge in [0.05, 0.1) is 5.52 Å². The van der Waals surface area contributed by atoms with Crippen molar-refractivity contribution in [3.8, 4) is 0 Å². The summed E-state index contributed by atoms with van der Waals surface area (Å²) < 4.78 is 1.58. The molecule has 0 aliphatic heterocycles. The van der Waals surface area contributed by atoms with E-state index in [4.69, 9.17) is 5.11 Å². The molecule has 1 heterocycles. The monoisotopic (exact) mass is 231 g/mol. The van der Waals surface area contributed by atoms with Gasteiger partial charge in [0.25, 0.3) is 0 Å². The molecule has 0 saturated carbocycles. The molecule has 0 amide bonds. The molecular formula is C13H13NO3.